The molecular weight excluding hydrogens is 358 g/mol. The quantitative estimate of drug-likeness (QED) is 0.409. The lowest BCUT2D eigenvalue weighted by atomic mass is 10.2. The number of hydrogen-bond donors (Lipinski definition) is 1. The molecule has 7 nitrogen and oxygen atoms in total. The van der Waals surface area contributed by atoms with Gasteiger partial charge in [0.25, 0.3) is 5.91 Å². The van der Waals surface area contributed by atoms with E-state index in [0.717, 1.165) is 17.7 Å². The highest BCUT2D eigenvalue weighted by atomic mass is 16.5. The largest absolute Gasteiger partial charge is 0.484 e. The molecule has 0 fully saturated rings. The fourth-order valence-electron chi connectivity index (χ4n) is 2.18. The van der Waals surface area contributed by atoms with Crippen LogP contribution < -0.4 is 15.1 Å². The lowest BCUT2D eigenvalue weighted by Crippen LogP contribution is -2.24. The zero-order chi connectivity index (χ0) is 20.4. The number of hydrogen-bond acceptors (Lipinski definition) is 6. The molecule has 0 heterocycles. The summed E-state index contributed by atoms with van der Waals surface area (Å²) in [7, 11) is 3.93. The first-order valence-electron chi connectivity index (χ1n) is 8.99. The molecule has 0 aromatic heterocycles. The highest BCUT2D eigenvalue weighted by Crippen LogP contribution is 2.13. The first-order chi connectivity index (χ1) is 13.5. The summed E-state index contributed by atoms with van der Waals surface area (Å²) in [5.41, 5.74) is 4.81. The normalized spacial score (nSPS) is 10.5. The van der Waals surface area contributed by atoms with Crippen LogP contribution in [-0.4, -0.2) is 45.4 Å². The second-order valence-corrected chi connectivity index (χ2v) is 6.23. The molecule has 0 spiro atoms. The van der Waals surface area contributed by atoms with Gasteiger partial charge in [0, 0.05) is 19.8 Å². The summed E-state index contributed by atoms with van der Waals surface area (Å²) >= 11 is 0. The van der Waals surface area contributed by atoms with E-state index in [1.807, 2.05) is 50.2 Å². The van der Waals surface area contributed by atoms with Crippen molar-refractivity contribution in [1.29, 1.82) is 0 Å². The molecule has 2 aromatic rings. The van der Waals surface area contributed by atoms with E-state index < -0.39 is 0 Å². The van der Waals surface area contributed by atoms with Crippen LogP contribution in [-0.2, 0) is 9.53 Å². The van der Waals surface area contributed by atoms with E-state index in [9.17, 15) is 9.59 Å². The van der Waals surface area contributed by atoms with Crippen LogP contribution in [0.3, 0.4) is 0 Å². The molecule has 0 atom stereocenters. The van der Waals surface area contributed by atoms with Crippen molar-refractivity contribution in [1.82, 2.24) is 5.43 Å². The zero-order valence-electron chi connectivity index (χ0n) is 16.3. The topological polar surface area (TPSA) is 80.2 Å². The molecule has 1 N–H and O–H groups in total. The van der Waals surface area contributed by atoms with Crippen molar-refractivity contribution in [2.75, 3.05) is 32.2 Å². The summed E-state index contributed by atoms with van der Waals surface area (Å²) in [4.78, 5) is 25.5. The average molecular weight is 383 g/mol. The van der Waals surface area contributed by atoms with Gasteiger partial charge < -0.3 is 14.4 Å². The van der Waals surface area contributed by atoms with Crippen LogP contribution in [0.4, 0.5) is 5.69 Å². The standard InChI is InChI=1S/C21H25N3O4/c1-4-13-27-21(26)17-7-11-19(12-8-17)28-15-20(25)23-22-14-16-5-9-18(10-6-16)24(2)3/h5-12,14H,4,13,15H2,1-3H3,(H,23,25). The van der Waals surface area contributed by atoms with Crippen LogP contribution in [0.5, 0.6) is 5.75 Å². The van der Waals surface area contributed by atoms with E-state index in [1.54, 1.807) is 30.5 Å². The Morgan fingerprint density at radius 1 is 1.07 bits per heavy atom. The van der Waals surface area contributed by atoms with Crippen molar-refractivity contribution >= 4 is 23.8 Å². The maximum absolute atomic E-state index is 11.8. The number of rotatable bonds is 9. The van der Waals surface area contributed by atoms with Crippen LogP contribution >= 0.6 is 0 Å². The van der Waals surface area contributed by atoms with Gasteiger partial charge in [-0.15, -0.1) is 0 Å². The first kappa shape index (κ1) is 21.0. The zero-order valence-corrected chi connectivity index (χ0v) is 16.3. The second-order valence-electron chi connectivity index (χ2n) is 6.23. The van der Waals surface area contributed by atoms with E-state index in [4.69, 9.17) is 9.47 Å². The molecule has 0 bridgehead atoms. The highest BCUT2D eigenvalue weighted by Gasteiger charge is 2.07. The fourth-order valence-corrected chi connectivity index (χ4v) is 2.18. The van der Waals surface area contributed by atoms with Gasteiger partial charge in [0.2, 0.25) is 0 Å². The van der Waals surface area contributed by atoms with Gasteiger partial charge in [-0.05, 0) is 48.4 Å². The number of ether oxygens (including phenoxy) is 2. The van der Waals surface area contributed by atoms with Gasteiger partial charge in [-0.25, -0.2) is 10.2 Å². The summed E-state index contributed by atoms with van der Waals surface area (Å²) in [6.07, 6.45) is 2.33. The van der Waals surface area contributed by atoms with E-state index in [0.29, 0.717) is 17.9 Å². The lowest BCUT2D eigenvalue weighted by Gasteiger charge is -2.11. The molecule has 0 saturated carbocycles. The molecule has 0 aliphatic rings. The summed E-state index contributed by atoms with van der Waals surface area (Å²) in [5.74, 6) is -0.280. The Labute approximate surface area is 164 Å². The van der Waals surface area contributed by atoms with Crippen LogP contribution in [0.2, 0.25) is 0 Å². The predicted octanol–water partition coefficient (Wildman–Crippen LogP) is 2.85. The van der Waals surface area contributed by atoms with E-state index in [2.05, 4.69) is 10.5 Å². The molecule has 28 heavy (non-hydrogen) atoms. The molecule has 148 valence electrons. The average Bonchev–Trinajstić information content (AvgIpc) is 2.71. The number of carbonyl (C=O) groups excluding carboxylic acids is 2. The van der Waals surface area contributed by atoms with Gasteiger partial charge in [0.1, 0.15) is 5.75 Å². The smallest absolute Gasteiger partial charge is 0.338 e. The third kappa shape index (κ3) is 6.75. The molecule has 0 unspecified atom stereocenters. The number of nitrogens with one attached hydrogen (secondary N) is 1. The maximum Gasteiger partial charge on any atom is 0.338 e. The van der Waals surface area contributed by atoms with Crippen LogP contribution in [0, 0.1) is 0 Å². The summed E-state index contributed by atoms with van der Waals surface area (Å²) in [6, 6.07) is 14.2. The van der Waals surface area contributed by atoms with Crippen molar-refractivity contribution in [2.24, 2.45) is 5.10 Å². The third-order valence-corrected chi connectivity index (χ3v) is 3.71. The van der Waals surface area contributed by atoms with Crippen molar-refractivity contribution < 1.29 is 19.1 Å². The summed E-state index contributed by atoms with van der Waals surface area (Å²) < 4.78 is 10.4. The Hall–Kier alpha value is -3.35. The molecular formula is C21H25N3O4. The Morgan fingerprint density at radius 3 is 2.36 bits per heavy atom. The molecule has 1 amide bonds. The monoisotopic (exact) mass is 383 g/mol. The number of hydrazone groups is 1. The Balaban J connectivity index is 1.76. The number of esters is 1. The second kappa shape index (κ2) is 10.7. The maximum atomic E-state index is 11.8. The van der Waals surface area contributed by atoms with Gasteiger partial charge in [-0.3, -0.25) is 4.79 Å². The van der Waals surface area contributed by atoms with Gasteiger partial charge in [0.05, 0.1) is 18.4 Å². The van der Waals surface area contributed by atoms with Crippen LogP contribution in [0.1, 0.15) is 29.3 Å². The minimum absolute atomic E-state index is 0.184. The SMILES string of the molecule is CCCOC(=O)c1ccc(OCC(=O)NN=Cc2ccc(N(C)C)cc2)cc1. The highest BCUT2D eigenvalue weighted by molar-refractivity contribution is 5.89. The van der Waals surface area contributed by atoms with Gasteiger partial charge in [-0.1, -0.05) is 19.1 Å². The van der Waals surface area contributed by atoms with E-state index >= 15 is 0 Å². The predicted molar refractivity (Wildman–Crippen MR) is 109 cm³/mol. The molecule has 0 radical (unpaired) electrons. The van der Waals surface area contributed by atoms with Crippen LogP contribution in [0.15, 0.2) is 53.6 Å². The molecule has 0 aliphatic heterocycles. The molecule has 0 saturated heterocycles. The minimum Gasteiger partial charge on any atom is -0.484 e. The Bertz CT molecular complexity index is 799. The number of carbonyl (C=O) groups is 2. The molecule has 7 heteroatoms. The number of nitrogens with zero attached hydrogens (tertiary/aromatic N) is 2. The molecule has 0 aliphatic carbocycles. The molecule has 2 aromatic carbocycles. The van der Waals surface area contributed by atoms with Gasteiger partial charge in [0.15, 0.2) is 6.61 Å². The van der Waals surface area contributed by atoms with E-state index in [1.165, 1.54) is 0 Å². The third-order valence-electron chi connectivity index (χ3n) is 3.71. The molecule has 2 rings (SSSR count). The first-order valence-corrected chi connectivity index (χ1v) is 8.99. The summed E-state index contributed by atoms with van der Waals surface area (Å²) in [6.45, 7) is 2.13. The Morgan fingerprint density at radius 2 is 1.75 bits per heavy atom. The number of benzene rings is 2. The Kier molecular flexibility index (Phi) is 8.02. The van der Waals surface area contributed by atoms with Gasteiger partial charge in [-0.2, -0.15) is 5.10 Å². The number of amides is 1. The van der Waals surface area contributed by atoms with Crippen molar-refractivity contribution in [3.63, 3.8) is 0 Å². The van der Waals surface area contributed by atoms with Crippen LogP contribution in [0.25, 0.3) is 0 Å². The van der Waals surface area contributed by atoms with Crippen molar-refractivity contribution in [3.05, 3.63) is 59.7 Å². The number of anilines is 1. The van der Waals surface area contributed by atoms with E-state index in [-0.39, 0.29) is 18.5 Å². The fraction of sp³-hybridized carbons (Fsp3) is 0.286. The minimum atomic E-state index is -0.382. The van der Waals surface area contributed by atoms with Gasteiger partial charge >= 0.3 is 5.97 Å². The van der Waals surface area contributed by atoms with Crippen molar-refractivity contribution in [2.45, 2.75) is 13.3 Å². The van der Waals surface area contributed by atoms with Crippen molar-refractivity contribution in [3.8, 4) is 5.75 Å². The summed E-state index contributed by atoms with van der Waals surface area (Å²) in [5, 5.41) is 3.91. The lowest BCUT2D eigenvalue weighted by molar-refractivity contribution is -0.123.